The van der Waals surface area contributed by atoms with Crippen molar-refractivity contribution in [1.29, 1.82) is 0 Å². The minimum atomic E-state index is -4.11. The van der Waals surface area contributed by atoms with Crippen molar-refractivity contribution in [3.63, 3.8) is 0 Å². The van der Waals surface area contributed by atoms with Gasteiger partial charge in [0.05, 0.1) is 30.3 Å². The first kappa shape index (κ1) is 28.7. The smallest absolute Gasteiger partial charge is 0.418 e. The number of ether oxygens (including phenoxy) is 2. The number of amides is 2. The van der Waals surface area contributed by atoms with Crippen LogP contribution in [-0.2, 0) is 24.4 Å². The Morgan fingerprint density at radius 2 is 1.49 bits per heavy atom. The predicted molar refractivity (Wildman–Crippen MR) is 139 cm³/mol. The quantitative estimate of drug-likeness (QED) is 0.352. The summed E-state index contributed by atoms with van der Waals surface area (Å²) in [5, 5.41) is 12.5. The van der Waals surface area contributed by atoms with Gasteiger partial charge in [-0.3, -0.25) is 9.35 Å². The van der Waals surface area contributed by atoms with Gasteiger partial charge in [-0.05, 0) is 86.1 Å². The van der Waals surface area contributed by atoms with Crippen LogP contribution < -0.4 is 10.2 Å². The Bertz CT molecular complexity index is 1090. The molecule has 3 rings (SSSR count). The summed E-state index contributed by atoms with van der Waals surface area (Å²) in [5.41, 5.74) is 1.14. The van der Waals surface area contributed by atoms with Gasteiger partial charge in [0.25, 0.3) is 10.1 Å². The van der Waals surface area contributed by atoms with Crippen molar-refractivity contribution in [1.82, 2.24) is 5.32 Å². The molecule has 1 aliphatic rings. The molecule has 1 aliphatic carbocycles. The molecule has 0 spiro atoms. The van der Waals surface area contributed by atoms with Crippen LogP contribution in [0.1, 0.15) is 25.7 Å². The zero-order chi connectivity index (χ0) is 26.8. The summed E-state index contributed by atoms with van der Waals surface area (Å²) in [6.45, 7) is 0.321. The second-order valence-corrected chi connectivity index (χ2v) is 11.0. The zero-order valence-corrected chi connectivity index (χ0v) is 21.8. The molecule has 0 radical (unpaired) electrons. The average molecular weight is 555 g/mol. The number of aromatic hydroxyl groups is 1. The van der Waals surface area contributed by atoms with Gasteiger partial charge in [0.1, 0.15) is 12.4 Å². The summed E-state index contributed by atoms with van der Waals surface area (Å²) >= 11 is 5.99. The van der Waals surface area contributed by atoms with Crippen molar-refractivity contribution in [2.45, 2.75) is 25.7 Å². The SMILES string of the molecule is O=C(COCC1CCC(COC(=O)N(c2ccc(O)cc2)c2ccc(Cl)cc2)CC1)NCCS(=O)(=O)O. The minimum absolute atomic E-state index is 0.0895. The van der Waals surface area contributed by atoms with Gasteiger partial charge in [0, 0.05) is 11.6 Å². The van der Waals surface area contributed by atoms with E-state index in [1.165, 1.54) is 17.0 Å². The lowest BCUT2D eigenvalue weighted by atomic mass is 9.83. The number of carbonyl (C=O) groups excluding carboxylic acids is 2. The maximum atomic E-state index is 13.1. The minimum Gasteiger partial charge on any atom is -0.508 e. The average Bonchev–Trinajstić information content (AvgIpc) is 2.85. The number of nitrogens with zero attached hydrogens (tertiary/aromatic N) is 1. The lowest BCUT2D eigenvalue weighted by Gasteiger charge is -2.29. The zero-order valence-electron chi connectivity index (χ0n) is 20.2. The lowest BCUT2D eigenvalue weighted by molar-refractivity contribution is -0.126. The molecule has 202 valence electrons. The van der Waals surface area contributed by atoms with E-state index in [-0.39, 0.29) is 37.3 Å². The topological polar surface area (TPSA) is 142 Å². The Kier molecular flexibility index (Phi) is 10.6. The van der Waals surface area contributed by atoms with E-state index in [1.807, 2.05) is 0 Å². The number of nitrogens with one attached hydrogen (secondary N) is 1. The van der Waals surface area contributed by atoms with E-state index in [0.717, 1.165) is 25.7 Å². The maximum absolute atomic E-state index is 13.1. The first-order chi connectivity index (χ1) is 17.6. The predicted octanol–water partition coefficient (Wildman–Crippen LogP) is 4.15. The van der Waals surface area contributed by atoms with Crippen molar-refractivity contribution in [2.75, 3.05) is 37.0 Å². The first-order valence-electron chi connectivity index (χ1n) is 11.9. The molecule has 0 atom stereocenters. The molecule has 0 saturated heterocycles. The number of carbonyl (C=O) groups is 2. The molecule has 10 nitrogen and oxygen atoms in total. The molecule has 3 N–H and O–H groups in total. The molecule has 37 heavy (non-hydrogen) atoms. The molecule has 2 aromatic carbocycles. The van der Waals surface area contributed by atoms with Crippen LogP contribution in [-0.4, -0.2) is 62.2 Å². The molecular weight excluding hydrogens is 524 g/mol. The van der Waals surface area contributed by atoms with Crippen molar-refractivity contribution in [3.8, 4) is 5.75 Å². The van der Waals surface area contributed by atoms with Gasteiger partial charge < -0.3 is 19.9 Å². The van der Waals surface area contributed by atoms with Gasteiger partial charge in [-0.15, -0.1) is 0 Å². The van der Waals surface area contributed by atoms with E-state index < -0.39 is 27.9 Å². The maximum Gasteiger partial charge on any atom is 0.418 e. The highest BCUT2D eigenvalue weighted by molar-refractivity contribution is 7.85. The third kappa shape index (κ3) is 9.84. The van der Waals surface area contributed by atoms with Gasteiger partial charge in [-0.2, -0.15) is 8.42 Å². The van der Waals surface area contributed by atoms with E-state index in [4.69, 9.17) is 25.6 Å². The van der Waals surface area contributed by atoms with Crippen molar-refractivity contribution < 1.29 is 37.1 Å². The number of phenolic OH excluding ortho intramolecular Hbond substituents is 1. The molecular formula is C25H31ClN2O8S. The Morgan fingerprint density at radius 3 is 2.05 bits per heavy atom. The van der Waals surface area contributed by atoms with Crippen LogP contribution in [0.5, 0.6) is 5.75 Å². The van der Waals surface area contributed by atoms with E-state index in [9.17, 15) is 23.1 Å². The third-order valence-corrected chi connectivity index (χ3v) is 7.03. The van der Waals surface area contributed by atoms with Crippen molar-refractivity contribution >= 4 is 45.1 Å². The highest BCUT2D eigenvalue weighted by atomic mass is 35.5. The highest BCUT2D eigenvalue weighted by Gasteiger charge is 2.25. The van der Waals surface area contributed by atoms with Crippen LogP contribution in [0.4, 0.5) is 16.2 Å². The van der Waals surface area contributed by atoms with Crippen LogP contribution in [0.3, 0.4) is 0 Å². The number of hydrogen-bond acceptors (Lipinski definition) is 7. The van der Waals surface area contributed by atoms with E-state index >= 15 is 0 Å². The summed E-state index contributed by atoms with van der Waals surface area (Å²) in [7, 11) is -4.11. The van der Waals surface area contributed by atoms with Crippen LogP contribution in [0.25, 0.3) is 0 Å². The van der Waals surface area contributed by atoms with Crippen LogP contribution in [0.15, 0.2) is 48.5 Å². The molecule has 0 unspecified atom stereocenters. The lowest BCUT2D eigenvalue weighted by Crippen LogP contribution is -2.33. The number of rotatable bonds is 11. The molecule has 0 aliphatic heterocycles. The van der Waals surface area contributed by atoms with Crippen LogP contribution in [0.2, 0.25) is 5.02 Å². The fourth-order valence-electron chi connectivity index (χ4n) is 4.06. The van der Waals surface area contributed by atoms with Crippen LogP contribution in [0, 0.1) is 11.8 Å². The van der Waals surface area contributed by atoms with Gasteiger partial charge >= 0.3 is 6.09 Å². The summed E-state index contributed by atoms with van der Waals surface area (Å²) < 4.78 is 41.1. The molecule has 1 saturated carbocycles. The van der Waals surface area contributed by atoms with Gasteiger partial charge in [-0.1, -0.05) is 11.6 Å². The Morgan fingerprint density at radius 1 is 0.946 bits per heavy atom. The van der Waals surface area contributed by atoms with Gasteiger partial charge in [0.2, 0.25) is 5.91 Å². The number of phenols is 1. The van der Waals surface area contributed by atoms with Gasteiger partial charge in [0.15, 0.2) is 0 Å². The third-order valence-electron chi connectivity index (χ3n) is 6.05. The monoisotopic (exact) mass is 554 g/mol. The Labute approximate surface area is 221 Å². The second-order valence-electron chi connectivity index (χ2n) is 8.94. The van der Waals surface area contributed by atoms with E-state index in [1.54, 1.807) is 36.4 Å². The molecule has 0 heterocycles. The normalized spacial score (nSPS) is 17.7. The number of anilines is 2. The molecule has 12 heteroatoms. The highest BCUT2D eigenvalue weighted by Crippen LogP contribution is 2.31. The van der Waals surface area contributed by atoms with E-state index in [0.29, 0.717) is 23.0 Å². The van der Waals surface area contributed by atoms with Crippen molar-refractivity contribution in [3.05, 3.63) is 53.6 Å². The summed E-state index contributed by atoms with van der Waals surface area (Å²) in [6, 6.07) is 13.1. The summed E-state index contributed by atoms with van der Waals surface area (Å²) in [5.74, 6) is -0.412. The molecule has 2 amide bonds. The molecule has 0 aromatic heterocycles. The molecule has 0 bridgehead atoms. The number of hydrogen-bond donors (Lipinski definition) is 3. The molecule has 1 fully saturated rings. The largest absolute Gasteiger partial charge is 0.508 e. The molecule has 2 aromatic rings. The number of halogens is 1. The Hall–Kier alpha value is -2.86. The number of benzene rings is 2. The first-order valence-corrected chi connectivity index (χ1v) is 13.9. The fraction of sp³-hybridized carbons (Fsp3) is 0.440. The second kappa shape index (κ2) is 13.6. The van der Waals surface area contributed by atoms with Crippen LogP contribution >= 0.6 is 11.6 Å². The van der Waals surface area contributed by atoms with E-state index in [2.05, 4.69) is 5.32 Å². The summed E-state index contributed by atoms with van der Waals surface area (Å²) in [4.78, 5) is 26.2. The summed E-state index contributed by atoms with van der Waals surface area (Å²) in [6.07, 6.45) is 2.90. The Balaban J connectivity index is 1.42. The standard InChI is InChI=1S/C25H31ClN2O8S/c26-20-5-7-21(8-6-20)28(22-9-11-23(29)12-10-22)25(31)36-16-19-3-1-18(2-4-19)15-35-17-24(30)27-13-14-37(32,33)34/h5-12,18-19,29H,1-4,13-17H2,(H,27,30)(H,32,33,34). The fourth-order valence-corrected chi connectivity index (χ4v) is 4.55. The van der Waals surface area contributed by atoms with Gasteiger partial charge in [-0.25, -0.2) is 9.69 Å². The van der Waals surface area contributed by atoms with Crippen molar-refractivity contribution in [2.24, 2.45) is 11.8 Å².